The summed E-state index contributed by atoms with van der Waals surface area (Å²) in [5, 5.41) is 43.8. The molecule has 0 saturated heterocycles. The number of amides is 1. The van der Waals surface area contributed by atoms with Crippen LogP contribution < -0.4 is 10.5 Å². The predicted molar refractivity (Wildman–Crippen MR) is 128 cm³/mol. The Bertz CT molecular complexity index is 439. The average molecular weight is 426 g/mol. The van der Waals surface area contributed by atoms with Gasteiger partial charge in [0, 0.05) is 32.8 Å². The first-order valence-corrected chi connectivity index (χ1v) is 11.3. The minimum atomic E-state index is -0.625. The van der Waals surface area contributed by atoms with Crippen LogP contribution in [-0.2, 0) is 0 Å². The van der Waals surface area contributed by atoms with Crippen LogP contribution in [-0.4, -0.2) is 111 Å². The fourth-order valence-corrected chi connectivity index (χ4v) is 3.42. The zero-order chi connectivity index (χ0) is 22.9. The van der Waals surface area contributed by atoms with Crippen LogP contribution in [0.1, 0.15) is 32.1 Å². The lowest BCUT2D eigenvalue weighted by atomic mass is 9.82. The molecule has 0 aromatic heterocycles. The Morgan fingerprint density at radius 3 is 2.00 bits per heavy atom. The number of unbranched alkanes of at least 4 members (excludes halogenated alkanes) is 3. The SMILES string of the molecule is BC(=O)N(CCNB(C)O)CC(CCCCCCO)CN(CCNB(C)O)B(C)O. The summed E-state index contributed by atoms with van der Waals surface area (Å²) in [6.07, 6.45) is 4.74. The maximum absolute atomic E-state index is 12.1. The lowest BCUT2D eigenvalue weighted by molar-refractivity contribution is 0.197. The van der Waals surface area contributed by atoms with Crippen LogP contribution in [0.15, 0.2) is 0 Å². The number of hydrogen-bond acceptors (Lipinski definition) is 8. The van der Waals surface area contributed by atoms with Crippen LogP contribution in [0.5, 0.6) is 0 Å². The second-order valence-corrected chi connectivity index (χ2v) is 8.14. The van der Waals surface area contributed by atoms with Crippen molar-refractivity contribution in [2.45, 2.75) is 52.6 Å². The molecule has 1 atom stereocenters. The second kappa shape index (κ2) is 18.1. The molecule has 0 saturated carbocycles. The molecule has 0 rings (SSSR count). The molecule has 0 heterocycles. The van der Waals surface area contributed by atoms with Crippen molar-refractivity contribution in [3.63, 3.8) is 0 Å². The van der Waals surface area contributed by atoms with Crippen LogP contribution in [0.4, 0.5) is 4.79 Å². The smallest absolute Gasteiger partial charge is 0.376 e. The van der Waals surface area contributed by atoms with Gasteiger partial charge in [-0.25, -0.2) is 0 Å². The van der Waals surface area contributed by atoms with Crippen molar-refractivity contribution >= 4 is 34.8 Å². The Kier molecular flexibility index (Phi) is 17.7. The Hall–Kier alpha value is -0.550. The van der Waals surface area contributed by atoms with E-state index in [1.165, 1.54) is 0 Å². The van der Waals surface area contributed by atoms with E-state index in [9.17, 15) is 19.9 Å². The van der Waals surface area contributed by atoms with Gasteiger partial charge in [0.25, 0.3) is 0 Å². The molecule has 1 unspecified atom stereocenters. The average Bonchev–Trinajstić information content (AvgIpc) is 2.64. The van der Waals surface area contributed by atoms with Crippen molar-refractivity contribution in [1.82, 2.24) is 20.2 Å². The van der Waals surface area contributed by atoms with E-state index in [0.717, 1.165) is 32.1 Å². The normalized spacial score (nSPS) is 12.1. The van der Waals surface area contributed by atoms with Crippen LogP contribution in [0, 0.1) is 5.92 Å². The number of aliphatic hydroxyl groups is 1. The van der Waals surface area contributed by atoms with Crippen LogP contribution in [0.3, 0.4) is 0 Å². The number of rotatable bonds is 19. The molecule has 172 valence electrons. The van der Waals surface area contributed by atoms with Crippen molar-refractivity contribution in [1.29, 1.82) is 0 Å². The third-order valence-electron chi connectivity index (χ3n) is 5.13. The van der Waals surface area contributed by atoms with Gasteiger partial charge in [-0.05, 0) is 52.3 Å². The number of nitrogens with zero attached hydrogens (tertiary/aromatic N) is 2. The highest BCUT2D eigenvalue weighted by atomic mass is 16.3. The van der Waals surface area contributed by atoms with E-state index in [-0.39, 0.29) is 18.3 Å². The monoisotopic (exact) mass is 426 g/mol. The molecule has 1 amide bonds. The molecule has 0 aromatic rings. The highest BCUT2D eigenvalue weighted by Gasteiger charge is 2.23. The van der Waals surface area contributed by atoms with Gasteiger partial charge in [0.05, 0.1) is 0 Å². The highest BCUT2D eigenvalue weighted by Crippen LogP contribution is 2.15. The number of aliphatic hydroxyl groups excluding tert-OH is 1. The molecule has 13 heteroatoms. The maximum Gasteiger partial charge on any atom is 0.376 e. The standard InChI is InChI=1S/C17H42B4N4O5/c1-19(28)22-9-11-24(17(18)27)14-16(8-6-4-5-7-13-26)15-25(21(3)30)12-10-23-20(2)29/h16,22-23,26,28-30H,4-15,18H2,1-3H3. The van der Waals surface area contributed by atoms with Crippen molar-refractivity contribution in [2.24, 2.45) is 5.92 Å². The minimum absolute atomic E-state index is 0.00737. The van der Waals surface area contributed by atoms with E-state index < -0.39 is 21.2 Å². The molecule has 0 aromatic carbocycles. The third kappa shape index (κ3) is 16.2. The molecular weight excluding hydrogens is 383 g/mol. The van der Waals surface area contributed by atoms with Gasteiger partial charge in [0.1, 0.15) is 0 Å². The zero-order valence-electron chi connectivity index (χ0n) is 19.4. The molecule has 0 aliphatic rings. The number of nitrogens with one attached hydrogen (secondary N) is 2. The summed E-state index contributed by atoms with van der Waals surface area (Å²) in [7, 11) is -0.286. The molecule has 0 aliphatic heterocycles. The summed E-state index contributed by atoms with van der Waals surface area (Å²) in [5.41, 5.74) is 0. The van der Waals surface area contributed by atoms with Crippen LogP contribution in [0.25, 0.3) is 0 Å². The Balaban J connectivity index is 4.94. The molecule has 30 heavy (non-hydrogen) atoms. The molecule has 9 nitrogen and oxygen atoms in total. The second-order valence-electron chi connectivity index (χ2n) is 8.14. The van der Waals surface area contributed by atoms with Gasteiger partial charge in [-0.15, -0.1) is 0 Å². The van der Waals surface area contributed by atoms with E-state index in [1.807, 2.05) is 4.81 Å². The summed E-state index contributed by atoms with van der Waals surface area (Å²) >= 11 is 0. The van der Waals surface area contributed by atoms with E-state index in [0.29, 0.717) is 39.3 Å². The first kappa shape index (κ1) is 29.4. The van der Waals surface area contributed by atoms with Gasteiger partial charge in [-0.2, -0.15) is 0 Å². The fraction of sp³-hybridized carbons (Fsp3) is 0.941. The third-order valence-corrected chi connectivity index (χ3v) is 5.13. The number of hydrogen-bond donors (Lipinski definition) is 6. The number of carbonyl (C=O) groups excluding carboxylic acids is 1. The molecule has 6 N–H and O–H groups in total. The van der Waals surface area contributed by atoms with Crippen molar-refractivity contribution in [2.75, 3.05) is 45.9 Å². The Labute approximate surface area is 184 Å². The largest absolute Gasteiger partial charge is 0.437 e. The van der Waals surface area contributed by atoms with Gasteiger partial charge >= 0.3 is 21.2 Å². The predicted octanol–water partition coefficient (Wildman–Crippen LogP) is -1.59. The van der Waals surface area contributed by atoms with Gasteiger partial charge in [0.2, 0.25) is 7.85 Å². The zero-order valence-corrected chi connectivity index (χ0v) is 19.4. The van der Waals surface area contributed by atoms with E-state index >= 15 is 0 Å². The van der Waals surface area contributed by atoms with Crippen molar-refractivity contribution in [3.8, 4) is 0 Å². The molecule has 0 radical (unpaired) electrons. The van der Waals surface area contributed by atoms with Gasteiger partial charge in [-0.3, -0.25) is 4.79 Å². The summed E-state index contributed by atoms with van der Waals surface area (Å²) in [6.45, 7) is 8.66. The van der Waals surface area contributed by atoms with Gasteiger partial charge in [-0.1, -0.05) is 19.3 Å². The molecule has 0 spiro atoms. The van der Waals surface area contributed by atoms with Crippen molar-refractivity contribution < 1.29 is 25.0 Å². The fourth-order valence-electron chi connectivity index (χ4n) is 3.42. The lowest BCUT2D eigenvalue weighted by Crippen LogP contribution is -2.48. The molecule has 0 bridgehead atoms. The highest BCUT2D eigenvalue weighted by molar-refractivity contribution is 6.56. The van der Waals surface area contributed by atoms with E-state index in [1.54, 1.807) is 33.2 Å². The van der Waals surface area contributed by atoms with E-state index in [4.69, 9.17) is 5.11 Å². The summed E-state index contributed by atoms with van der Waals surface area (Å²) in [4.78, 5) is 15.9. The summed E-state index contributed by atoms with van der Waals surface area (Å²) in [5.74, 6) is 0.183. The minimum Gasteiger partial charge on any atom is -0.437 e. The topological polar surface area (TPSA) is 129 Å². The molecule has 0 aliphatic carbocycles. The van der Waals surface area contributed by atoms with Crippen LogP contribution in [0.2, 0.25) is 20.5 Å². The maximum atomic E-state index is 12.1. The van der Waals surface area contributed by atoms with Gasteiger partial charge in [0.15, 0.2) is 5.81 Å². The van der Waals surface area contributed by atoms with E-state index in [2.05, 4.69) is 10.5 Å². The number of carbonyl (C=O) groups is 1. The lowest BCUT2D eigenvalue weighted by Gasteiger charge is -2.32. The van der Waals surface area contributed by atoms with Crippen LogP contribution >= 0.6 is 0 Å². The first-order valence-electron chi connectivity index (χ1n) is 11.3. The van der Waals surface area contributed by atoms with Crippen molar-refractivity contribution in [3.05, 3.63) is 0 Å². The summed E-state index contributed by atoms with van der Waals surface area (Å²) < 4.78 is 0. The molecular formula is C17H42B4N4O5. The molecule has 0 fully saturated rings. The van der Waals surface area contributed by atoms with Gasteiger partial charge < -0.3 is 40.3 Å². The Morgan fingerprint density at radius 1 is 0.933 bits per heavy atom. The first-order chi connectivity index (χ1) is 14.2. The Morgan fingerprint density at radius 2 is 1.50 bits per heavy atom. The summed E-state index contributed by atoms with van der Waals surface area (Å²) in [6, 6.07) is 0. The quantitative estimate of drug-likeness (QED) is 0.108.